The van der Waals surface area contributed by atoms with Gasteiger partial charge in [-0.3, -0.25) is 4.98 Å². The number of ether oxygens (including phenoxy) is 1. The summed E-state index contributed by atoms with van der Waals surface area (Å²) in [5.74, 6) is -0.229. The normalized spacial score (nSPS) is 13.0. The molecule has 2 aromatic heterocycles. The molecule has 3 aromatic rings. The topological polar surface area (TPSA) is 44.1 Å². The van der Waals surface area contributed by atoms with Crippen LogP contribution in [0, 0.1) is 6.92 Å². The van der Waals surface area contributed by atoms with E-state index in [1.54, 1.807) is 18.5 Å². The molecule has 0 aliphatic carbocycles. The minimum absolute atomic E-state index is 0.216. The Morgan fingerprint density at radius 3 is 2.79 bits per heavy atom. The Bertz CT molecular complexity index is 1040. The maximum absolute atomic E-state index is 12.5. The van der Waals surface area contributed by atoms with Crippen LogP contribution < -0.4 is 4.74 Å². The fourth-order valence-corrected chi connectivity index (χ4v) is 4.00. The number of aldehydes is 1. The molecular weight excluding hydrogens is 369 g/mol. The Morgan fingerprint density at radius 1 is 1.29 bits per heavy atom. The summed E-state index contributed by atoms with van der Waals surface area (Å²) in [4.78, 5) is 15.6. The molecular formula is C21H17F3N2O2. The summed E-state index contributed by atoms with van der Waals surface area (Å²) in [7, 11) is 0. The second-order valence-electron chi connectivity index (χ2n) is 6.67. The minimum Gasteiger partial charge on any atom is -0.406 e. The summed E-state index contributed by atoms with van der Waals surface area (Å²) in [6.45, 7) is 2.61. The molecule has 0 saturated carbocycles. The summed E-state index contributed by atoms with van der Waals surface area (Å²) >= 11 is 0. The first-order valence-electron chi connectivity index (χ1n) is 8.84. The molecule has 0 fully saturated rings. The van der Waals surface area contributed by atoms with Gasteiger partial charge in [-0.2, -0.15) is 0 Å². The molecule has 1 aliphatic heterocycles. The van der Waals surface area contributed by atoms with Gasteiger partial charge in [0.05, 0.1) is 5.69 Å². The van der Waals surface area contributed by atoms with E-state index >= 15 is 0 Å². The van der Waals surface area contributed by atoms with Gasteiger partial charge in [-0.05, 0) is 48.7 Å². The molecule has 0 N–H and O–H groups in total. The molecule has 0 radical (unpaired) electrons. The van der Waals surface area contributed by atoms with Crippen molar-refractivity contribution in [1.29, 1.82) is 0 Å². The van der Waals surface area contributed by atoms with Crippen LogP contribution in [0.25, 0.3) is 22.4 Å². The highest BCUT2D eigenvalue weighted by molar-refractivity contribution is 5.84. The van der Waals surface area contributed by atoms with Crippen LogP contribution in [0.5, 0.6) is 5.75 Å². The average Bonchev–Trinajstić information content (AvgIpc) is 2.93. The summed E-state index contributed by atoms with van der Waals surface area (Å²) in [5.41, 5.74) is 6.24. The van der Waals surface area contributed by atoms with Crippen molar-refractivity contribution in [2.45, 2.75) is 32.7 Å². The summed E-state index contributed by atoms with van der Waals surface area (Å²) in [5, 5.41) is 0. The monoisotopic (exact) mass is 386 g/mol. The van der Waals surface area contributed by atoms with Crippen LogP contribution in [0.4, 0.5) is 13.2 Å². The van der Waals surface area contributed by atoms with Gasteiger partial charge in [0.1, 0.15) is 12.0 Å². The van der Waals surface area contributed by atoms with E-state index in [0.717, 1.165) is 45.5 Å². The lowest BCUT2D eigenvalue weighted by molar-refractivity contribution is -0.274. The number of carbonyl (C=O) groups excluding carboxylic acids is 1. The number of fused-ring (bicyclic) bond motifs is 3. The van der Waals surface area contributed by atoms with Crippen LogP contribution >= 0.6 is 0 Å². The molecule has 144 valence electrons. The quantitative estimate of drug-likeness (QED) is 0.610. The molecule has 0 saturated heterocycles. The average molecular weight is 386 g/mol. The van der Waals surface area contributed by atoms with Crippen LogP contribution in [-0.2, 0) is 24.2 Å². The van der Waals surface area contributed by atoms with E-state index in [-0.39, 0.29) is 12.2 Å². The van der Waals surface area contributed by atoms with Gasteiger partial charge in [-0.1, -0.05) is 6.07 Å². The maximum atomic E-state index is 12.5. The third kappa shape index (κ3) is 3.17. The number of hydrogen-bond acceptors (Lipinski definition) is 3. The number of nitrogens with zero attached hydrogens (tertiary/aromatic N) is 2. The fraction of sp³-hybridized carbons (Fsp3) is 0.238. The van der Waals surface area contributed by atoms with Crippen LogP contribution in [0.3, 0.4) is 0 Å². The first-order valence-corrected chi connectivity index (χ1v) is 8.84. The van der Waals surface area contributed by atoms with Gasteiger partial charge in [0, 0.05) is 47.7 Å². The third-order valence-electron chi connectivity index (χ3n) is 5.03. The van der Waals surface area contributed by atoms with Crippen molar-refractivity contribution < 1.29 is 22.7 Å². The van der Waals surface area contributed by atoms with E-state index in [1.807, 2.05) is 19.1 Å². The molecule has 4 rings (SSSR count). The van der Waals surface area contributed by atoms with E-state index in [1.165, 1.54) is 12.1 Å². The smallest absolute Gasteiger partial charge is 0.406 e. The van der Waals surface area contributed by atoms with E-state index in [0.29, 0.717) is 13.0 Å². The second kappa shape index (κ2) is 6.82. The summed E-state index contributed by atoms with van der Waals surface area (Å²) < 4.78 is 43.8. The molecule has 0 spiro atoms. The first-order chi connectivity index (χ1) is 13.4. The zero-order chi connectivity index (χ0) is 19.9. The van der Waals surface area contributed by atoms with Crippen molar-refractivity contribution in [2.75, 3.05) is 0 Å². The molecule has 28 heavy (non-hydrogen) atoms. The lowest BCUT2D eigenvalue weighted by Gasteiger charge is -2.22. The van der Waals surface area contributed by atoms with Gasteiger partial charge in [0.25, 0.3) is 0 Å². The first kappa shape index (κ1) is 18.3. The Hall–Kier alpha value is -3.09. The summed E-state index contributed by atoms with van der Waals surface area (Å²) in [6, 6.07) is 8.17. The highest BCUT2D eigenvalue weighted by Gasteiger charge is 2.32. The number of aryl methyl sites for hydroxylation is 1. The third-order valence-corrected chi connectivity index (χ3v) is 5.03. The largest absolute Gasteiger partial charge is 0.573 e. The minimum atomic E-state index is -4.73. The van der Waals surface area contributed by atoms with Crippen molar-refractivity contribution in [3.05, 3.63) is 59.5 Å². The van der Waals surface area contributed by atoms with Gasteiger partial charge < -0.3 is 14.1 Å². The van der Waals surface area contributed by atoms with Crippen molar-refractivity contribution >= 4 is 6.29 Å². The Kier molecular flexibility index (Phi) is 4.45. The number of rotatable bonds is 4. The maximum Gasteiger partial charge on any atom is 0.573 e. The predicted molar refractivity (Wildman–Crippen MR) is 98.0 cm³/mol. The van der Waals surface area contributed by atoms with Crippen molar-refractivity contribution in [3.63, 3.8) is 0 Å². The van der Waals surface area contributed by atoms with Gasteiger partial charge >= 0.3 is 6.36 Å². The van der Waals surface area contributed by atoms with Crippen LogP contribution in [-0.4, -0.2) is 22.2 Å². The molecule has 0 amide bonds. The predicted octanol–water partition coefficient (Wildman–Crippen LogP) is 4.72. The molecule has 0 unspecified atom stereocenters. The molecule has 4 nitrogen and oxygen atoms in total. The highest BCUT2D eigenvalue weighted by atomic mass is 19.4. The number of aromatic nitrogens is 2. The zero-order valence-electron chi connectivity index (χ0n) is 15.1. The van der Waals surface area contributed by atoms with E-state index in [9.17, 15) is 18.0 Å². The lowest BCUT2D eigenvalue weighted by Crippen LogP contribution is -2.18. The van der Waals surface area contributed by atoms with Crippen molar-refractivity contribution in [2.24, 2.45) is 0 Å². The van der Waals surface area contributed by atoms with E-state index in [2.05, 4.69) is 14.3 Å². The van der Waals surface area contributed by atoms with Crippen LogP contribution in [0.1, 0.15) is 16.8 Å². The van der Waals surface area contributed by atoms with Gasteiger partial charge in [-0.15, -0.1) is 13.2 Å². The SMILES string of the molecule is Cc1c(-c2cccnc2)c(CC=O)c2n1CCc1cc(OC(F)(F)F)ccc1-2. The Balaban J connectivity index is 1.89. The number of benzene rings is 1. The Labute approximate surface area is 159 Å². The molecule has 0 bridgehead atoms. The molecule has 7 heteroatoms. The molecule has 0 atom stereocenters. The van der Waals surface area contributed by atoms with Gasteiger partial charge in [0.15, 0.2) is 0 Å². The van der Waals surface area contributed by atoms with Gasteiger partial charge in [0.2, 0.25) is 0 Å². The number of alkyl halides is 3. The number of pyridine rings is 1. The van der Waals surface area contributed by atoms with Crippen LogP contribution in [0.15, 0.2) is 42.7 Å². The standard InChI is InChI=1S/C21H17F3N2O2/c1-13-19(15-3-2-8-25-12-15)18(7-10-27)20-17-5-4-16(28-21(22,23)24)11-14(17)6-9-26(13)20/h2-5,8,10-12H,6-7,9H2,1H3. The molecule has 3 heterocycles. The molecule has 1 aliphatic rings. The lowest BCUT2D eigenvalue weighted by atomic mass is 9.93. The van der Waals surface area contributed by atoms with E-state index < -0.39 is 6.36 Å². The summed E-state index contributed by atoms with van der Waals surface area (Å²) in [6.07, 6.45) is 0.365. The number of hydrogen-bond donors (Lipinski definition) is 0. The highest BCUT2D eigenvalue weighted by Crippen LogP contribution is 2.42. The zero-order valence-corrected chi connectivity index (χ0v) is 15.1. The number of halogens is 3. The van der Waals surface area contributed by atoms with Crippen LogP contribution in [0.2, 0.25) is 0 Å². The van der Waals surface area contributed by atoms with E-state index in [4.69, 9.17) is 0 Å². The van der Waals surface area contributed by atoms with Gasteiger partial charge in [-0.25, -0.2) is 0 Å². The van der Waals surface area contributed by atoms with Crippen molar-refractivity contribution in [1.82, 2.24) is 9.55 Å². The van der Waals surface area contributed by atoms with Crippen molar-refractivity contribution in [3.8, 4) is 28.1 Å². The fourth-order valence-electron chi connectivity index (χ4n) is 4.00. The second-order valence-corrected chi connectivity index (χ2v) is 6.67. The Morgan fingerprint density at radius 2 is 2.11 bits per heavy atom. The number of carbonyl (C=O) groups is 1. The molecule has 1 aromatic carbocycles.